The zero-order chi connectivity index (χ0) is 14.7. The van der Waals surface area contributed by atoms with Crippen LogP contribution in [0.25, 0.3) is 0 Å². The van der Waals surface area contributed by atoms with Gasteiger partial charge in [-0.25, -0.2) is 0 Å². The Balaban J connectivity index is 1.63. The predicted molar refractivity (Wildman–Crippen MR) is 78.7 cm³/mol. The first-order valence-corrected chi connectivity index (χ1v) is 8.44. The molecule has 0 aromatic carbocycles. The van der Waals surface area contributed by atoms with Crippen LogP contribution in [0.5, 0.6) is 0 Å². The number of rotatable bonds is 2. The lowest BCUT2D eigenvalue weighted by atomic mass is 9.88. The van der Waals surface area contributed by atoms with Gasteiger partial charge in [-0.15, -0.1) is 0 Å². The lowest BCUT2D eigenvalue weighted by Gasteiger charge is -2.34. The number of ether oxygens (including phenoxy) is 1. The summed E-state index contributed by atoms with van der Waals surface area (Å²) in [7, 11) is 0. The van der Waals surface area contributed by atoms with Crippen molar-refractivity contribution in [3.8, 4) is 0 Å². The molecule has 3 rings (SSSR count). The van der Waals surface area contributed by atoms with Gasteiger partial charge in [-0.3, -0.25) is 9.59 Å². The van der Waals surface area contributed by atoms with Gasteiger partial charge in [-0.2, -0.15) is 0 Å². The van der Waals surface area contributed by atoms with Crippen LogP contribution in [-0.4, -0.2) is 60.5 Å². The fraction of sp³-hybridized carbons (Fsp3) is 0.875. The normalized spacial score (nSPS) is 27.9. The Morgan fingerprint density at radius 2 is 1.52 bits per heavy atom. The summed E-state index contributed by atoms with van der Waals surface area (Å²) in [5.74, 6) is 0.538. The van der Waals surface area contributed by atoms with Gasteiger partial charge in [0, 0.05) is 25.6 Å². The third-order valence-corrected chi connectivity index (χ3v) is 5.10. The minimum atomic E-state index is -0.211. The highest BCUT2D eigenvalue weighted by Crippen LogP contribution is 2.29. The van der Waals surface area contributed by atoms with E-state index in [0.29, 0.717) is 26.3 Å². The van der Waals surface area contributed by atoms with E-state index in [1.54, 1.807) is 0 Å². The van der Waals surface area contributed by atoms with Crippen molar-refractivity contribution in [2.75, 3.05) is 32.8 Å². The average Bonchev–Trinajstić information content (AvgIpc) is 3.04. The van der Waals surface area contributed by atoms with Gasteiger partial charge in [0.25, 0.3) is 0 Å². The van der Waals surface area contributed by atoms with E-state index in [4.69, 9.17) is 4.74 Å². The second kappa shape index (κ2) is 6.77. The first-order valence-electron chi connectivity index (χ1n) is 8.44. The van der Waals surface area contributed by atoms with E-state index >= 15 is 0 Å². The topological polar surface area (TPSA) is 49.9 Å². The number of hydrogen-bond donors (Lipinski definition) is 0. The van der Waals surface area contributed by atoms with Gasteiger partial charge >= 0.3 is 0 Å². The molecule has 0 N–H and O–H groups in total. The van der Waals surface area contributed by atoms with Crippen LogP contribution in [0.2, 0.25) is 0 Å². The van der Waals surface area contributed by atoms with Crippen molar-refractivity contribution < 1.29 is 14.3 Å². The van der Waals surface area contributed by atoms with Crippen molar-refractivity contribution in [2.24, 2.45) is 5.92 Å². The van der Waals surface area contributed by atoms with Crippen molar-refractivity contribution >= 4 is 11.8 Å². The number of morpholine rings is 1. The van der Waals surface area contributed by atoms with Crippen molar-refractivity contribution in [3.05, 3.63) is 0 Å². The molecule has 5 nitrogen and oxygen atoms in total. The third-order valence-electron chi connectivity index (χ3n) is 5.10. The van der Waals surface area contributed by atoms with Crippen LogP contribution in [0.3, 0.4) is 0 Å². The molecule has 21 heavy (non-hydrogen) atoms. The van der Waals surface area contributed by atoms with Crippen LogP contribution in [0, 0.1) is 5.92 Å². The Bertz CT molecular complexity index is 351. The zero-order valence-corrected chi connectivity index (χ0v) is 12.8. The van der Waals surface area contributed by atoms with E-state index in [-0.39, 0.29) is 23.8 Å². The summed E-state index contributed by atoms with van der Waals surface area (Å²) in [6.45, 7) is 3.34. The average molecular weight is 294 g/mol. The maximum Gasteiger partial charge on any atom is 0.245 e. The van der Waals surface area contributed by atoms with Crippen molar-refractivity contribution in [3.63, 3.8) is 0 Å². The number of likely N-dealkylation sites (tertiary alicyclic amines) is 1. The highest BCUT2D eigenvalue weighted by molar-refractivity contribution is 5.89. The Morgan fingerprint density at radius 1 is 0.810 bits per heavy atom. The van der Waals surface area contributed by atoms with E-state index in [1.807, 2.05) is 9.80 Å². The van der Waals surface area contributed by atoms with Gasteiger partial charge in [-0.05, 0) is 25.7 Å². The molecule has 0 spiro atoms. The summed E-state index contributed by atoms with van der Waals surface area (Å²) in [5, 5.41) is 0. The Hall–Kier alpha value is -1.10. The lowest BCUT2D eigenvalue weighted by Crippen LogP contribution is -2.52. The molecule has 0 radical (unpaired) electrons. The summed E-state index contributed by atoms with van der Waals surface area (Å²) < 4.78 is 5.31. The SMILES string of the molecule is O=C(C1CCCN1C(=O)C1CCCCC1)N1CCOCC1. The Labute approximate surface area is 126 Å². The molecule has 0 aromatic rings. The maximum absolute atomic E-state index is 12.7. The summed E-state index contributed by atoms with van der Waals surface area (Å²) in [6, 6.07) is -0.211. The predicted octanol–water partition coefficient (Wildman–Crippen LogP) is 1.42. The lowest BCUT2D eigenvalue weighted by molar-refractivity contribution is -0.148. The zero-order valence-electron chi connectivity index (χ0n) is 12.8. The number of amides is 2. The molecule has 1 saturated carbocycles. The van der Waals surface area contributed by atoms with Crippen LogP contribution in [0.4, 0.5) is 0 Å². The second-order valence-corrected chi connectivity index (χ2v) is 6.46. The molecule has 0 bridgehead atoms. The number of nitrogens with zero attached hydrogens (tertiary/aromatic N) is 2. The van der Waals surface area contributed by atoms with Gasteiger partial charge in [0.05, 0.1) is 13.2 Å². The largest absolute Gasteiger partial charge is 0.378 e. The Kier molecular flexibility index (Phi) is 4.78. The maximum atomic E-state index is 12.7. The molecule has 2 heterocycles. The third kappa shape index (κ3) is 3.23. The van der Waals surface area contributed by atoms with Crippen LogP contribution >= 0.6 is 0 Å². The number of hydrogen-bond acceptors (Lipinski definition) is 3. The number of carbonyl (C=O) groups excluding carboxylic acids is 2. The van der Waals surface area contributed by atoms with Gasteiger partial charge in [0.2, 0.25) is 11.8 Å². The van der Waals surface area contributed by atoms with Gasteiger partial charge in [-0.1, -0.05) is 19.3 Å². The minimum Gasteiger partial charge on any atom is -0.378 e. The molecule has 118 valence electrons. The summed E-state index contributed by atoms with van der Waals surface area (Å²) in [4.78, 5) is 29.2. The fourth-order valence-electron chi connectivity index (χ4n) is 3.87. The molecule has 2 amide bonds. The fourth-order valence-corrected chi connectivity index (χ4v) is 3.87. The van der Waals surface area contributed by atoms with E-state index in [1.165, 1.54) is 6.42 Å². The van der Waals surface area contributed by atoms with Crippen LogP contribution in [-0.2, 0) is 14.3 Å². The van der Waals surface area contributed by atoms with E-state index in [9.17, 15) is 9.59 Å². The summed E-state index contributed by atoms with van der Waals surface area (Å²) in [6.07, 6.45) is 7.37. The van der Waals surface area contributed by atoms with Gasteiger partial charge in [0.15, 0.2) is 0 Å². The van der Waals surface area contributed by atoms with Gasteiger partial charge in [0.1, 0.15) is 6.04 Å². The molecule has 1 aliphatic carbocycles. The molecular formula is C16H26N2O3. The standard InChI is InChI=1S/C16H26N2O3/c19-15(13-5-2-1-3-6-13)18-8-4-7-14(18)16(20)17-9-11-21-12-10-17/h13-14H,1-12H2. The molecule has 3 fully saturated rings. The monoisotopic (exact) mass is 294 g/mol. The molecule has 3 aliphatic rings. The van der Waals surface area contributed by atoms with Crippen LogP contribution in [0.15, 0.2) is 0 Å². The smallest absolute Gasteiger partial charge is 0.245 e. The molecule has 2 aliphatic heterocycles. The second-order valence-electron chi connectivity index (χ2n) is 6.46. The first kappa shape index (κ1) is 14.8. The summed E-state index contributed by atoms with van der Waals surface area (Å²) >= 11 is 0. The van der Waals surface area contributed by atoms with E-state index in [2.05, 4.69) is 0 Å². The molecule has 2 saturated heterocycles. The highest BCUT2D eigenvalue weighted by Gasteiger charge is 2.39. The molecule has 0 aromatic heterocycles. The Morgan fingerprint density at radius 3 is 2.24 bits per heavy atom. The first-order chi connectivity index (χ1) is 10.3. The molecule has 1 unspecified atom stereocenters. The van der Waals surface area contributed by atoms with Gasteiger partial charge < -0.3 is 14.5 Å². The quantitative estimate of drug-likeness (QED) is 0.774. The van der Waals surface area contributed by atoms with Crippen molar-refractivity contribution in [1.29, 1.82) is 0 Å². The minimum absolute atomic E-state index is 0.139. The highest BCUT2D eigenvalue weighted by atomic mass is 16.5. The van der Waals surface area contributed by atoms with Crippen LogP contribution < -0.4 is 0 Å². The molecular weight excluding hydrogens is 268 g/mol. The van der Waals surface area contributed by atoms with Crippen molar-refractivity contribution in [2.45, 2.75) is 51.0 Å². The van der Waals surface area contributed by atoms with E-state index < -0.39 is 0 Å². The summed E-state index contributed by atoms with van der Waals surface area (Å²) in [5.41, 5.74) is 0. The molecule has 1 atom stereocenters. The van der Waals surface area contributed by atoms with Crippen LogP contribution in [0.1, 0.15) is 44.9 Å². The number of carbonyl (C=O) groups is 2. The van der Waals surface area contributed by atoms with E-state index in [0.717, 1.165) is 45.1 Å². The molecule has 5 heteroatoms. The van der Waals surface area contributed by atoms with Crippen molar-refractivity contribution in [1.82, 2.24) is 9.80 Å².